The van der Waals surface area contributed by atoms with Crippen LogP contribution in [0.25, 0.3) is 10.9 Å². The molecule has 4 nitrogen and oxygen atoms in total. The Morgan fingerprint density at radius 1 is 1.43 bits per heavy atom. The molecule has 1 aromatic carbocycles. The van der Waals surface area contributed by atoms with Crippen LogP contribution in [0.15, 0.2) is 30.5 Å². The van der Waals surface area contributed by atoms with Crippen LogP contribution in [0.3, 0.4) is 0 Å². The van der Waals surface area contributed by atoms with Crippen LogP contribution >= 0.6 is 0 Å². The molecule has 1 unspecified atom stereocenters. The number of piperidine rings is 1. The summed E-state index contributed by atoms with van der Waals surface area (Å²) < 4.78 is 5.18. The normalized spacial score (nSPS) is 22.3. The number of benzene rings is 1. The second kappa shape index (κ2) is 6.31. The van der Waals surface area contributed by atoms with Crippen LogP contribution in [-0.4, -0.2) is 30.6 Å². The number of aromatic nitrogens is 1. The number of quaternary nitrogens is 1. The van der Waals surface area contributed by atoms with E-state index in [4.69, 9.17) is 4.74 Å². The smallest absolute Gasteiger partial charge is 0.314 e. The van der Waals surface area contributed by atoms with Gasteiger partial charge in [-0.05, 0) is 25.8 Å². The third-order valence-electron chi connectivity index (χ3n) is 4.35. The molecule has 2 heterocycles. The molecule has 0 spiro atoms. The molecule has 112 valence electrons. The standard InChI is InChI=1S/C17H22N2O2/c1-2-21-17(20)13-6-5-9-19(11-13)12-14-10-18-16-8-4-3-7-15(14)16/h3-4,7-8,10,13,18H,2,5-6,9,11-12H2,1H3/p+1/t13-/m0/s1. The van der Waals surface area contributed by atoms with E-state index in [0.29, 0.717) is 6.61 Å². The summed E-state index contributed by atoms with van der Waals surface area (Å²) in [6, 6.07) is 8.39. The van der Waals surface area contributed by atoms with Gasteiger partial charge < -0.3 is 14.6 Å². The first-order valence-electron chi connectivity index (χ1n) is 7.83. The SMILES string of the molecule is CCOC(=O)[C@H]1CCC[NH+](Cc2c[nH]c3ccccc23)C1. The molecule has 1 aliphatic heterocycles. The first kappa shape index (κ1) is 14.1. The number of esters is 1. The Labute approximate surface area is 125 Å². The molecule has 2 atom stereocenters. The van der Waals surface area contributed by atoms with Crippen LogP contribution in [0.2, 0.25) is 0 Å². The summed E-state index contributed by atoms with van der Waals surface area (Å²) in [4.78, 5) is 16.7. The molecule has 1 fully saturated rings. The van der Waals surface area contributed by atoms with Crippen molar-refractivity contribution in [2.24, 2.45) is 5.92 Å². The summed E-state index contributed by atoms with van der Waals surface area (Å²) >= 11 is 0. The van der Waals surface area contributed by atoms with Crippen LogP contribution in [0.1, 0.15) is 25.3 Å². The van der Waals surface area contributed by atoms with Gasteiger partial charge in [0, 0.05) is 22.7 Å². The fraction of sp³-hybridized carbons (Fsp3) is 0.471. The lowest BCUT2D eigenvalue weighted by Crippen LogP contribution is -3.12. The highest BCUT2D eigenvalue weighted by Gasteiger charge is 2.30. The first-order valence-corrected chi connectivity index (χ1v) is 7.83. The van der Waals surface area contributed by atoms with Gasteiger partial charge in [-0.3, -0.25) is 4.79 Å². The van der Waals surface area contributed by atoms with Crippen molar-refractivity contribution in [3.8, 4) is 0 Å². The van der Waals surface area contributed by atoms with Crippen molar-refractivity contribution >= 4 is 16.9 Å². The summed E-state index contributed by atoms with van der Waals surface area (Å²) in [6.45, 7) is 5.35. The van der Waals surface area contributed by atoms with Crippen molar-refractivity contribution in [3.05, 3.63) is 36.0 Å². The molecule has 2 N–H and O–H groups in total. The van der Waals surface area contributed by atoms with Gasteiger partial charge in [0.05, 0.1) is 19.7 Å². The monoisotopic (exact) mass is 287 g/mol. The number of hydrogen-bond donors (Lipinski definition) is 2. The van der Waals surface area contributed by atoms with E-state index >= 15 is 0 Å². The lowest BCUT2D eigenvalue weighted by atomic mass is 9.97. The summed E-state index contributed by atoms with van der Waals surface area (Å²) in [5.41, 5.74) is 2.52. The number of carbonyl (C=O) groups is 1. The zero-order valence-corrected chi connectivity index (χ0v) is 12.5. The molecule has 0 bridgehead atoms. The van der Waals surface area contributed by atoms with Gasteiger partial charge in [0.25, 0.3) is 0 Å². The zero-order chi connectivity index (χ0) is 14.7. The highest BCUT2D eigenvalue weighted by molar-refractivity contribution is 5.82. The minimum Gasteiger partial charge on any atom is -0.466 e. The van der Waals surface area contributed by atoms with Gasteiger partial charge in [-0.2, -0.15) is 0 Å². The predicted molar refractivity (Wildman–Crippen MR) is 82.1 cm³/mol. The van der Waals surface area contributed by atoms with Crippen molar-refractivity contribution in [1.82, 2.24) is 4.98 Å². The lowest BCUT2D eigenvalue weighted by Gasteiger charge is -2.28. The van der Waals surface area contributed by atoms with Crippen LogP contribution in [0.4, 0.5) is 0 Å². The van der Waals surface area contributed by atoms with E-state index in [1.165, 1.54) is 21.4 Å². The van der Waals surface area contributed by atoms with Crippen molar-refractivity contribution < 1.29 is 14.4 Å². The Morgan fingerprint density at radius 3 is 3.14 bits per heavy atom. The fourth-order valence-corrected chi connectivity index (χ4v) is 3.32. The second-order valence-corrected chi connectivity index (χ2v) is 5.83. The summed E-state index contributed by atoms with van der Waals surface area (Å²) in [6.07, 6.45) is 4.17. The molecule has 0 aliphatic carbocycles. The van der Waals surface area contributed by atoms with Crippen molar-refractivity contribution in [2.45, 2.75) is 26.3 Å². The Hall–Kier alpha value is -1.81. The number of aromatic amines is 1. The van der Waals surface area contributed by atoms with Gasteiger partial charge in [-0.1, -0.05) is 18.2 Å². The third-order valence-corrected chi connectivity index (χ3v) is 4.35. The quantitative estimate of drug-likeness (QED) is 0.838. The van der Waals surface area contributed by atoms with Gasteiger partial charge in [0.2, 0.25) is 0 Å². The first-order chi connectivity index (χ1) is 10.3. The van der Waals surface area contributed by atoms with E-state index in [0.717, 1.165) is 32.5 Å². The number of likely N-dealkylation sites (tertiary alicyclic amines) is 1. The molecule has 3 rings (SSSR count). The molecule has 0 radical (unpaired) electrons. The number of hydrogen-bond acceptors (Lipinski definition) is 2. The number of ether oxygens (including phenoxy) is 1. The lowest BCUT2D eigenvalue weighted by molar-refractivity contribution is -0.921. The highest BCUT2D eigenvalue weighted by Crippen LogP contribution is 2.17. The number of nitrogens with one attached hydrogen (secondary N) is 2. The number of rotatable bonds is 4. The number of H-pyrrole nitrogens is 1. The molecule has 2 aromatic rings. The van der Waals surface area contributed by atoms with Crippen LogP contribution in [0, 0.1) is 5.92 Å². The fourth-order valence-electron chi connectivity index (χ4n) is 3.32. The Kier molecular flexibility index (Phi) is 4.25. The Morgan fingerprint density at radius 2 is 2.29 bits per heavy atom. The minimum absolute atomic E-state index is 0.0198. The molecule has 0 amide bonds. The largest absolute Gasteiger partial charge is 0.466 e. The van der Waals surface area contributed by atoms with E-state index in [-0.39, 0.29) is 11.9 Å². The highest BCUT2D eigenvalue weighted by atomic mass is 16.5. The summed E-state index contributed by atoms with van der Waals surface area (Å²) in [7, 11) is 0. The van der Waals surface area contributed by atoms with Gasteiger partial charge in [-0.15, -0.1) is 0 Å². The predicted octanol–water partition coefficient (Wildman–Crippen LogP) is 1.53. The molecule has 0 saturated carbocycles. The maximum atomic E-state index is 11.9. The van der Waals surface area contributed by atoms with Crippen LogP contribution in [-0.2, 0) is 16.1 Å². The van der Waals surface area contributed by atoms with E-state index in [1.807, 2.05) is 13.0 Å². The Balaban J connectivity index is 1.68. The van der Waals surface area contributed by atoms with Crippen LogP contribution in [0.5, 0.6) is 0 Å². The number of carbonyl (C=O) groups excluding carboxylic acids is 1. The second-order valence-electron chi connectivity index (χ2n) is 5.83. The summed E-state index contributed by atoms with van der Waals surface area (Å²) in [5, 5.41) is 1.29. The van der Waals surface area contributed by atoms with Gasteiger partial charge >= 0.3 is 5.97 Å². The third kappa shape index (κ3) is 3.10. The van der Waals surface area contributed by atoms with Crippen molar-refractivity contribution in [3.63, 3.8) is 0 Å². The Bertz CT molecular complexity index is 620. The maximum absolute atomic E-state index is 11.9. The molecular weight excluding hydrogens is 264 g/mol. The van der Waals surface area contributed by atoms with Crippen molar-refractivity contribution in [1.29, 1.82) is 0 Å². The van der Waals surface area contributed by atoms with Crippen LogP contribution < -0.4 is 4.90 Å². The number of para-hydroxylation sites is 1. The van der Waals surface area contributed by atoms with Gasteiger partial charge in [-0.25, -0.2) is 0 Å². The van der Waals surface area contributed by atoms with E-state index in [1.54, 1.807) is 0 Å². The number of fused-ring (bicyclic) bond motifs is 1. The molecule has 1 saturated heterocycles. The molecule has 21 heavy (non-hydrogen) atoms. The minimum atomic E-state index is -0.0198. The molecule has 4 heteroatoms. The average molecular weight is 287 g/mol. The molecule has 1 aromatic heterocycles. The van der Waals surface area contributed by atoms with Gasteiger partial charge in [0.15, 0.2) is 0 Å². The zero-order valence-electron chi connectivity index (χ0n) is 12.5. The van der Waals surface area contributed by atoms with E-state index in [2.05, 4.69) is 29.4 Å². The molecular formula is C17H23N2O2+. The van der Waals surface area contributed by atoms with Gasteiger partial charge in [0.1, 0.15) is 12.5 Å². The average Bonchev–Trinajstić information content (AvgIpc) is 2.91. The van der Waals surface area contributed by atoms with E-state index in [9.17, 15) is 4.79 Å². The molecule has 1 aliphatic rings. The topological polar surface area (TPSA) is 46.5 Å². The van der Waals surface area contributed by atoms with E-state index < -0.39 is 0 Å². The summed E-state index contributed by atoms with van der Waals surface area (Å²) in [5.74, 6) is 0.0486. The maximum Gasteiger partial charge on any atom is 0.314 e. The van der Waals surface area contributed by atoms with Crippen molar-refractivity contribution in [2.75, 3.05) is 19.7 Å².